The molecule has 0 spiro atoms. The fourth-order valence-corrected chi connectivity index (χ4v) is 7.76. The van der Waals surface area contributed by atoms with Gasteiger partial charge in [0, 0.05) is 22.5 Å². The molecule has 0 amide bonds. The van der Waals surface area contributed by atoms with E-state index in [1.54, 1.807) is 0 Å². The number of anilines is 3. The van der Waals surface area contributed by atoms with Gasteiger partial charge in [-0.15, -0.1) is 0 Å². The van der Waals surface area contributed by atoms with E-state index in [2.05, 4.69) is 183 Å². The highest BCUT2D eigenvalue weighted by Crippen LogP contribution is 2.51. The van der Waals surface area contributed by atoms with Gasteiger partial charge in [0.1, 0.15) is 0 Å². The Morgan fingerprint density at radius 3 is 1.52 bits per heavy atom. The fourth-order valence-electron chi connectivity index (χ4n) is 7.76. The number of nitrogens with zero attached hydrogens (tertiary/aromatic N) is 1. The van der Waals surface area contributed by atoms with Crippen LogP contribution in [0.4, 0.5) is 17.1 Å². The Morgan fingerprint density at radius 2 is 0.826 bits per heavy atom. The van der Waals surface area contributed by atoms with Crippen molar-refractivity contribution in [2.45, 2.75) is 19.3 Å². The monoisotopic (exact) mass is 587 g/mol. The molecule has 8 aromatic carbocycles. The summed E-state index contributed by atoms with van der Waals surface area (Å²) < 4.78 is 0. The molecular weight excluding hydrogens is 555 g/mol. The first-order valence-electron chi connectivity index (χ1n) is 16.1. The van der Waals surface area contributed by atoms with Gasteiger partial charge in [-0.2, -0.15) is 0 Å². The lowest BCUT2D eigenvalue weighted by Gasteiger charge is -2.28. The minimum absolute atomic E-state index is 0.0322. The van der Waals surface area contributed by atoms with Crippen LogP contribution in [0.25, 0.3) is 54.6 Å². The molecule has 0 aliphatic heterocycles. The van der Waals surface area contributed by atoms with E-state index >= 15 is 0 Å². The lowest BCUT2D eigenvalue weighted by atomic mass is 9.82. The van der Waals surface area contributed by atoms with Gasteiger partial charge < -0.3 is 4.90 Å². The van der Waals surface area contributed by atoms with Crippen molar-refractivity contribution in [1.82, 2.24) is 0 Å². The zero-order valence-corrected chi connectivity index (χ0v) is 26.0. The summed E-state index contributed by atoms with van der Waals surface area (Å²) in [6.45, 7) is 4.69. The maximum absolute atomic E-state index is 2.42. The van der Waals surface area contributed by atoms with Crippen molar-refractivity contribution in [3.63, 3.8) is 0 Å². The van der Waals surface area contributed by atoms with Gasteiger partial charge in [-0.25, -0.2) is 0 Å². The average Bonchev–Trinajstić information content (AvgIpc) is 3.35. The van der Waals surface area contributed by atoms with Crippen molar-refractivity contribution in [3.05, 3.63) is 175 Å². The number of fused-ring (bicyclic) bond motifs is 9. The highest BCUT2D eigenvalue weighted by atomic mass is 15.1. The number of benzene rings is 8. The maximum atomic E-state index is 2.42. The molecule has 0 fully saturated rings. The van der Waals surface area contributed by atoms with Crippen LogP contribution >= 0.6 is 0 Å². The second-order valence-corrected chi connectivity index (χ2v) is 13.0. The average molecular weight is 588 g/mol. The standard InChI is InChI=1S/C45H33N/c1-45(2)43-19-11-10-18-40(43)42-29-34(25-27-44(42)45)46(32-22-20-31(21-23-32)30-12-4-3-5-13-30)33-24-26-39-37-16-7-6-14-35(37)36-15-8-9-17-38(36)41(39)28-33/h3-29H,1-2H3. The molecule has 0 atom stereocenters. The third kappa shape index (κ3) is 4.02. The molecule has 0 saturated carbocycles. The van der Waals surface area contributed by atoms with Crippen molar-refractivity contribution in [2.24, 2.45) is 0 Å². The Labute approximate surface area is 270 Å². The molecule has 0 heterocycles. The van der Waals surface area contributed by atoms with Gasteiger partial charge in [-0.05, 0) is 102 Å². The van der Waals surface area contributed by atoms with E-state index in [0.717, 1.165) is 17.1 Å². The topological polar surface area (TPSA) is 3.24 Å². The smallest absolute Gasteiger partial charge is 0.0468 e. The lowest BCUT2D eigenvalue weighted by Crippen LogP contribution is -2.15. The van der Waals surface area contributed by atoms with Gasteiger partial charge in [0.15, 0.2) is 0 Å². The summed E-state index contributed by atoms with van der Waals surface area (Å²) in [7, 11) is 0. The predicted octanol–water partition coefficient (Wildman–Crippen LogP) is 12.6. The summed E-state index contributed by atoms with van der Waals surface area (Å²) in [6, 6.07) is 60.2. The largest absolute Gasteiger partial charge is 0.310 e. The Kier molecular flexibility index (Phi) is 5.92. The molecule has 46 heavy (non-hydrogen) atoms. The maximum Gasteiger partial charge on any atom is 0.0468 e. The van der Waals surface area contributed by atoms with E-state index in [1.165, 1.54) is 65.7 Å². The molecule has 0 unspecified atom stereocenters. The first-order chi connectivity index (χ1) is 22.6. The van der Waals surface area contributed by atoms with E-state index < -0.39 is 0 Å². The van der Waals surface area contributed by atoms with E-state index in [-0.39, 0.29) is 5.41 Å². The first kappa shape index (κ1) is 26.7. The van der Waals surface area contributed by atoms with Crippen molar-refractivity contribution in [1.29, 1.82) is 0 Å². The minimum Gasteiger partial charge on any atom is -0.310 e. The molecule has 9 rings (SSSR count). The van der Waals surface area contributed by atoms with E-state index in [9.17, 15) is 0 Å². The zero-order chi connectivity index (χ0) is 30.8. The lowest BCUT2D eigenvalue weighted by molar-refractivity contribution is 0.660. The van der Waals surface area contributed by atoms with Gasteiger partial charge in [0.25, 0.3) is 0 Å². The van der Waals surface area contributed by atoms with Gasteiger partial charge in [-0.1, -0.05) is 141 Å². The molecule has 8 aromatic rings. The summed E-state index contributed by atoms with van der Waals surface area (Å²) in [6.07, 6.45) is 0. The number of rotatable bonds is 4. The molecule has 0 bridgehead atoms. The minimum atomic E-state index is -0.0322. The molecule has 1 aliphatic rings. The molecule has 1 aliphatic carbocycles. The highest BCUT2D eigenvalue weighted by Gasteiger charge is 2.35. The van der Waals surface area contributed by atoms with Crippen molar-refractivity contribution in [2.75, 3.05) is 4.90 Å². The molecule has 0 aromatic heterocycles. The number of hydrogen-bond acceptors (Lipinski definition) is 1. The third-order valence-electron chi connectivity index (χ3n) is 10.0. The quantitative estimate of drug-likeness (QED) is 0.185. The first-order valence-corrected chi connectivity index (χ1v) is 16.1. The van der Waals surface area contributed by atoms with E-state index in [1.807, 2.05) is 0 Å². The Hall–Kier alpha value is -5.66. The Balaban J connectivity index is 1.28. The second-order valence-electron chi connectivity index (χ2n) is 13.0. The summed E-state index contributed by atoms with van der Waals surface area (Å²) >= 11 is 0. The Bertz CT molecular complexity index is 2400. The summed E-state index contributed by atoms with van der Waals surface area (Å²) in [5.41, 5.74) is 11.3. The van der Waals surface area contributed by atoms with Crippen LogP contribution in [-0.2, 0) is 5.41 Å². The summed E-state index contributed by atoms with van der Waals surface area (Å²) in [5, 5.41) is 7.71. The summed E-state index contributed by atoms with van der Waals surface area (Å²) in [5.74, 6) is 0. The van der Waals surface area contributed by atoms with Gasteiger partial charge >= 0.3 is 0 Å². The van der Waals surface area contributed by atoms with Crippen LogP contribution < -0.4 is 4.90 Å². The van der Waals surface area contributed by atoms with Crippen molar-refractivity contribution < 1.29 is 0 Å². The van der Waals surface area contributed by atoms with Gasteiger partial charge in [0.2, 0.25) is 0 Å². The van der Waals surface area contributed by atoms with Crippen LogP contribution in [0.5, 0.6) is 0 Å². The summed E-state index contributed by atoms with van der Waals surface area (Å²) in [4.78, 5) is 2.42. The van der Waals surface area contributed by atoms with E-state index in [0.29, 0.717) is 0 Å². The molecule has 1 nitrogen and oxygen atoms in total. The molecular formula is C45H33N. The molecule has 0 N–H and O–H groups in total. The van der Waals surface area contributed by atoms with E-state index in [4.69, 9.17) is 0 Å². The molecule has 0 radical (unpaired) electrons. The van der Waals surface area contributed by atoms with Gasteiger partial charge in [0.05, 0.1) is 0 Å². The molecule has 1 heteroatoms. The fraction of sp³-hybridized carbons (Fsp3) is 0.0667. The van der Waals surface area contributed by atoms with Crippen LogP contribution in [0.1, 0.15) is 25.0 Å². The normalized spacial score (nSPS) is 13.2. The van der Waals surface area contributed by atoms with Crippen molar-refractivity contribution in [3.8, 4) is 22.3 Å². The molecule has 218 valence electrons. The van der Waals surface area contributed by atoms with Crippen LogP contribution in [0.2, 0.25) is 0 Å². The highest BCUT2D eigenvalue weighted by molar-refractivity contribution is 6.25. The molecule has 0 saturated heterocycles. The second kappa shape index (κ2) is 10.2. The predicted molar refractivity (Wildman–Crippen MR) is 197 cm³/mol. The van der Waals surface area contributed by atoms with Crippen molar-refractivity contribution >= 4 is 49.4 Å². The SMILES string of the molecule is CC1(C)c2ccccc2-c2cc(N(c3ccc(-c4ccccc4)cc3)c3ccc4c5ccccc5c5ccccc5c4c3)ccc21. The van der Waals surface area contributed by atoms with Gasteiger partial charge in [-0.3, -0.25) is 0 Å². The van der Waals surface area contributed by atoms with Crippen LogP contribution in [0.3, 0.4) is 0 Å². The zero-order valence-electron chi connectivity index (χ0n) is 26.0. The Morgan fingerprint density at radius 1 is 0.348 bits per heavy atom. The third-order valence-corrected chi connectivity index (χ3v) is 10.0. The van der Waals surface area contributed by atoms with Crippen LogP contribution in [0, 0.1) is 0 Å². The van der Waals surface area contributed by atoms with Crippen LogP contribution in [0.15, 0.2) is 164 Å². The number of hydrogen-bond donors (Lipinski definition) is 0. The van der Waals surface area contributed by atoms with Crippen LogP contribution in [-0.4, -0.2) is 0 Å².